The Balaban J connectivity index is 4.92. The summed E-state index contributed by atoms with van der Waals surface area (Å²) in [5.41, 5.74) is 0. The van der Waals surface area contributed by atoms with Gasteiger partial charge in [-0.2, -0.15) is 8.42 Å². The van der Waals surface area contributed by atoms with Crippen molar-refractivity contribution in [1.82, 2.24) is 4.90 Å². The lowest BCUT2D eigenvalue weighted by Crippen LogP contribution is -2.50. The first-order chi connectivity index (χ1) is 4.75. The van der Waals surface area contributed by atoms with Gasteiger partial charge in [-0.1, -0.05) is 6.92 Å². The van der Waals surface area contributed by atoms with Gasteiger partial charge in [-0.3, -0.25) is 9.45 Å². The molecule has 0 rings (SSSR count). The van der Waals surface area contributed by atoms with E-state index in [4.69, 9.17) is 4.55 Å². The lowest BCUT2D eigenvalue weighted by atomic mass is 10.4. The molecule has 0 saturated carbocycles. The highest BCUT2D eigenvalue weighted by Crippen LogP contribution is 2.18. The minimum absolute atomic E-state index is 0.0845. The van der Waals surface area contributed by atoms with E-state index in [0.717, 1.165) is 4.90 Å². The molecular weight excluding hydrogens is 170 g/mol. The smallest absolute Gasteiger partial charge is 0.309 e. The molecule has 0 aromatic rings. The zero-order valence-electron chi connectivity index (χ0n) is 6.77. The van der Waals surface area contributed by atoms with Gasteiger partial charge in [0.1, 0.15) is 0 Å². The molecule has 68 valence electrons. The molecule has 0 aromatic carbocycles. The summed E-state index contributed by atoms with van der Waals surface area (Å²) in [6, 6.07) is 0. The van der Waals surface area contributed by atoms with Crippen molar-refractivity contribution in [1.29, 1.82) is 0 Å². The molecule has 0 spiro atoms. The summed E-state index contributed by atoms with van der Waals surface area (Å²) in [4.78, 5) is 1.04. The Hall–Kier alpha value is -0.170. The highest BCUT2D eigenvalue weighted by Gasteiger charge is 2.41. The van der Waals surface area contributed by atoms with Crippen molar-refractivity contribution >= 4 is 10.1 Å². The topological polar surface area (TPSA) is 77.8 Å². The molecule has 6 heteroatoms. The van der Waals surface area contributed by atoms with Gasteiger partial charge >= 0.3 is 10.1 Å². The fourth-order valence-electron chi connectivity index (χ4n) is 0.729. The van der Waals surface area contributed by atoms with E-state index in [1.165, 1.54) is 21.0 Å². The second-order valence-electron chi connectivity index (χ2n) is 2.47. The van der Waals surface area contributed by atoms with E-state index in [1.54, 1.807) is 0 Å². The van der Waals surface area contributed by atoms with Crippen LogP contribution < -0.4 is 0 Å². The van der Waals surface area contributed by atoms with Gasteiger partial charge in [0, 0.05) is 6.42 Å². The number of nitrogens with zero attached hydrogens (tertiary/aromatic N) is 1. The van der Waals surface area contributed by atoms with Crippen LogP contribution in [0.25, 0.3) is 0 Å². The van der Waals surface area contributed by atoms with Crippen LogP contribution in [0.4, 0.5) is 0 Å². The van der Waals surface area contributed by atoms with Crippen molar-refractivity contribution < 1.29 is 18.1 Å². The lowest BCUT2D eigenvalue weighted by Gasteiger charge is -2.29. The van der Waals surface area contributed by atoms with Crippen LogP contribution in [-0.2, 0) is 10.1 Å². The zero-order chi connectivity index (χ0) is 9.28. The SMILES string of the molecule is CCC(O)(N(C)C)S(=O)(=O)O. The minimum Gasteiger partial charge on any atom is -0.361 e. The van der Waals surface area contributed by atoms with Crippen LogP contribution in [0.2, 0.25) is 0 Å². The Morgan fingerprint density at radius 1 is 1.45 bits per heavy atom. The van der Waals surface area contributed by atoms with E-state index in [9.17, 15) is 13.5 Å². The van der Waals surface area contributed by atoms with Crippen LogP contribution in [-0.4, -0.2) is 42.1 Å². The fourth-order valence-corrected chi connectivity index (χ4v) is 1.56. The van der Waals surface area contributed by atoms with E-state index in [0.29, 0.717) is 0 Å². The standard InChI is InChI=1S/C5H13NO4S/c1-4-5(7,6(2)3)11(8,9)10/h7H,4H2,1-3H3,(H,8,9,10). The monoisotopic (exact) mass is 183 g/mol. The van der Waals surface area contributed by atoms with E-state index in [1.807, 2.05) is 0 Å². The Bertz CT molecular complexity index is 223. The maximum atomic E-state index is 10.6. The van der Waals surface area contributed by atoms with Crippen LogP contribution in [0.15, 0.2) is 0 Å². The quantitative estimate of drug-likeness (QED) is 0.455. The largest absolute Gasteiger partial charge is 0.361 e. The summed E-state index contributed by atoms with van der Waals surface area (Å²) < 4.78 is 29.8. The molecule has 0 saturated heterocycles. The summed E-state index contributed by atoms with van der Waals surface area (Å²) in [5, 5.41) is 7.16. The molecular formula is C5H13NO4S. The van der Waals surface area contributed by atoms with Crippen LogP contribution >= 0.6 is 0 Å². The molecule has 1 unspecified atom stereocenters. The lowest BCUT2D eigenvalue weighted by molar-refractivity contribution is -0.0153. The van der Waals surface area contributed by atoms with Crippen molar-refractivity contribution in [2.45, 2.75) is 18.4 Å². The Kier molecular flexibility index (Phi) is 3.01. The highest BCUT2D eigenvalue weighted by atomic mass is 32.2. The van der Waals surface area contributed by atoms with Crippen LogP contribution in [0, 0.1) is 0 Å². The molecule has 1 atom stereocenters. The van der Waals surface area contributed by atoms with Gasteiger partial charge in [0.25, 0.3) is 0 Å². The third-order valence-corrected chi connectivity index (χ3v) is 3.05. The van der Waals surface area contributed by atoms with Gasteiger partial charge in [-0.25, -0.2) is 0 Å². The summed E-state index contributed by atoms with van der Waals surface area (Å²) in [6.07, 6.45) is -0.0845. The second-order valence-corrected chi connectivity index (χ2v) is 4.07. The fraction of sp³-hybridized carbons (Fsp3) is 1.00. The minimum atomic E-state index is -4.43. The van der Waals surface area contributed by atoms with Crippen molar-refractivity contribution in [3.63, 3.8) is 0 Å². The molecule has 2 N–H and O–H groups in total. The third-order valence-electron chi connectivity index (χ3n) is 1.57. The molecule has 0 heterocycles. The maximum Gasteiger partial charge on any atom is 0.309 e. The van der Waals surface area contributed by atoms with Crippen molar-refractivity contribution in [3.8, 4) is 0 Å². The second kappa shape index (κ2) is 3.06. The average molecular weight is 183 g/mol. The Labute approximate surface area is 66.4 Å². The molecule has 0 radical (unpaired) electrons. The summed E-state index contributed by atoms with van der Waals surface area (Å²) in [6.45, 7) is 1.47. The molecule has 0 amide bonds. The van der Waals surface area contributed by atoms with E-state index >= 15 is 0 Å². The first-order valence-electron chi connectivity index (χ1n) is 3.12. The molecule has 0 aliphatic carbocycles. The molecule has 0 aliphatic rings. The number of aliphatic hydroxyl groups is 1. The van der Waals surface area contributed by atoms with Gasteiger partial charge < -0.3 is 5.11 Å². The molecule has 11 heavy (non-hydrogen) atoms. The van der Waals surface area contributed by atoms with Gasteiger partial charge in [-0.05, 0) is 14.1 Å². The molecule has 0 bridgehead atoms. The summed E-state index contributed by atoms with van der Waals surface area (Å²) in [5.74, 6) is 0. The molecule has 0 fully saturated rings. The van der Waals surface area contributed by atoms with E-state index < -0.39 is 15.2 Å². The van der Waals surface area contributed by atoms with Gasteiger partial charge in [0.05, 0.1) is 0 Å². The van der Waals surface area contributed by atoms with Crippen LogP contribution in [0.1, 0.15) is 13.3 Å². The normalized spacial score (nSPS) is 18.4. The predicted molar refractivity (Wildman–Crippen MR) is 40.5 cm³/mol. The molecule has 5 nitrogen and oxygen atoms in total. The van der Waals surface area contributed by atoms with Crippen LogP contribution in [0.5, 0.6) is 0 Å². The van der Waals surface area contributed by atoms with E-state index in [2.05, 4.69) is 0 Å². The van der Waals surface area contributed by atoms with Gasteiger partial charge in [0.2, 0.25) is 5.06 Å². The van der Waals surface area contributed by atoms with Crippen molar-refractivity contribution in [2.24, 2.45) is 0 Å². The van der Waals surface area contributed by atoms with Crippen LogP contribution in [0.3, 0.4) is 0 Å². The first kappa shape index (κ1) is 10.8. The maximum absolute atomic E-state index is 10.6. The number of rotatable bonds is 3. The first-order valence-corrected chi connectivity index (χ1v) is 4.56. The summed E-state index contributed by atoms with van der Waals surface area (Å²) in [7, 11) is -1.69. The zero-order valence-corrected chi connectivity index (χ0v) is 7.59. The Morgan fingerprint density at radius 3 is 1.82 bits per heavy atom. The number of hydrogen-bond donors (Lipinski definition) is 2. The third kappa shape index (κ3) is 1.90. The predicted octanol–water partition coefficient (Wildman–Crippen LogP) is -0.508. The average Bonchev–Trinajstić information content (AvgIpc) is 1.83. The van der Waals surface area contributed by atoms with Crippen molar-refractivity contribution in [2.75, 3.05) is 14.1 Å². The van der Waals surface area contributed by atoms with Gasteiger partial charge in [0.15, 0.2) is 0 Å². The Morgan fingerprint density at radius 2 is 1.82 bits per heavy atom. The number of hydrogen-bond acceptors (Lipinski definition) is 4. The van der Waals surface area contributed by atoms with Crippen molar-refractivity contribution in [3.05, 3.63) is 0 Å². The van der Waals surface area contributed by atoms with E-state index in [-0.39, 0.29) is 6.42 Å². The molecule has 0 aliphatic heterocycles. The molecule has 0 aromatic heterocycles. The highest BCUT2D eigenvalue weighted by molar-refractivity contribution is 7.87. The van der Waals surface area contributed by atoms with Gasteiger partial charge in [-0.15, -0.1) is 0 Å². The summed E-state index contributed by atoms with van der Waals surface area (Å²) >= 11 is 0.